The van der Waals surface area contributed by atoms with Crippen LogP contribution in [0.4, 0.5) is 0 Å². The molecular formula is C9H11BrO2S. The van der Waals surface area contributed by atoms with Crippen molar-refractivity contribution in [1.82, 2.24) is 0 Å². The summed E-state index contributed by atoms with van der Waals surface area (Å²) in [4.78, 5) is 11.9. The van der Waals surface area contributed by atoms with Crippen LogP contribution in [-0.4, -0.2) is 11.1 Å². The highest BCUT2D eigenvalue weighted by Gasteiger charge is 2.24. The molecule has 2 nitrogen and oxygen atoms in total. The number of carbonyl (C=O) groups is 1. The molecule has 0 radical (unpaired) electrons. The van der Waals surface area contributed by atoms with Gasteiger partial charge in [-0.05, 0) is 34.0 Å². The van der Waals surface area contributed by atoms with Crippen molar-refractivity contribution in [3.05, 3.63) is 20.8 Å². The van der Waals surface area contributed by atoms with Gasteiger partial charge in [0, 0.05) is 4.88 Å². The van der Waals surface area contributed by atoms with Gasteiger partial charge in [-0.15, -0.1) is 11.3 Å². The SMILES string of the molecule is CC(C)C(C(=O)O)c1ccc(Br)s1. The second kappa shape index (κ2) is 4.24. The largest absolute Gasteiger partial charge is 0.481 e. The molecule has 0 aliphatic heterocycles. The minimum Gasteiger partial charge on any atom is -0.481 e. The standard InChI is InChI=1S/C9H11BrO2S/c1-5(2)8(9(11)12)6-3-4-7(10)13-6/h3-5,8H,1-2H3,(H,11,12). The molecule has 4 heteroatoms. The molecule has 0 spiro atoms. The maximum atomic E-state index is 10.9. The Morgan fingerprint density at radius 3 is 2.46 bits per heavy atom. The summed E-state index contributed by atoms with van der Waals surface area (Å²) in [5, 5.41) is 9.00. The third-order valence-electron chi connectivity index (χ3n) is 1.83. The molecule has 0 saturated carbocycles. The quantitative estimate of drug-likeness (QED) is 0.908. The zero-order valence-electron chi connectivity index (χ0n) is 7.45. The molecule has 0 bridgehead atoms. The summed E-state index contributed by atoms with van der Waals surface area (Å²) < 4.78 is 0.981. The number of carboxylic acid groups (broad SMARTS) is 1. The van der Waals surface area contributed by atoms with E-state index in [0.717, 1.165) is 8.66 Å². The lowest BCUT2D eigenvalue weighted by atomic mass is 9.95. The van der Waals surface area contributed by atoms with E-state index in [4.69, 9.17) is 5.11 Å². The van der Waals surface area contributed by atoms with Gasteiger partial charge in [-0.1, -0.05) is 13.8 Å². The predicted octanol–water partition coefficient (Wildman–Crippen LogP) is 3.33. The summed E-state index contributed by atoms with van der Waals surface area (Å²) in [5.41, 5.74) is 0. The minimum atomic E-state index is -0.746. The van der Waals surface area contributed by atoms with E-state index in [1.54, 1.807) is 0 Å². The van der Waals surface area contributed by atoms with Gasteiger partial charge >= 0.3 is 5.97 Å². The predicted molar refractivity (Wildman–Crippen MR) is 57.2 cm³/mol. The molecule has 1 rings (SSSR count). The van der Waals surface area contributed by atoms with Crippen LogP contribution in [0.3, 0.4) is 0 Å². The highest BCUT2D eigenvalue weighted by atomic mass is 79.9. The molecule has 1 aromatic heterocycles. The number of thiophene rings is 1. The molecule has 1 N–H and O–H groups in total. The van der Waals surface area contributed by atoms with Crippen LogP contribution < -0.4 is 0 Å². The van der Waals surface area contributed by atoms with Gasteiger partial charge < -0.3 is 5.11 Å². The van der Waals surface area contributed by atoms with Gasteiger partial charge in [0.25, 0.3) is 0 Å². The monoisotopic (exact) mass is 262 g/mol. The van der Waals surface area contributed by atoms with Crippen LogP contribution in [0.1, 0.15) is 24.6 Å². The molecule has 0 fully saturated rings. The zero-order valence-corrected chi connectivity index (χ0v) is 9.85. The first-order valence-corrected chi connectivity index (χ1v) is 5.61. The second-order valence-electron chi connectivity index (χ2n) is 3.20. The van der Waals surface area contributed by atoms with Crippen molar-refractivity contribution in [2.45, 2.75) is 19.8 Å². The summed E-state index contributed by atoms with van der Waals surface area (Å²) in [6.45, 7) is 3.85. The van der Waals surface area contributed by atoms with E-state index < -0.39 is 5.97 Å². The van der Waals surface area contributed by atoms with Gasteiger partial charge in [-0.3, -0.25) is 4.79 Å². The molecule has 72 valence electrons. The highest BCUT2D eigenvalue weighted by Crippen LogP contribution is 2.32. The lowest BCUT2D eigenvalue weighted by molar-refractivity contribution is -0.139. The van der Waals surface area contributed by atoms with Gasteiger partial charge in [-0.2, -0.15) is 0 Å². The fraction of sp³-hybridized carbons (Fsp3) is 0.444. The zero-order chi connectivity index (χ0) is 10.0. The van der Waals surface area contributed by atoms with Crippen molar-refractivity contribution in [3.63, 3.8) is 0 Å². The Bertz CT molecular complexity index is 306. The van der Waals surface area contributed by atoms with E-state index in [2.05, 4.69) is 15.9 Å². The van der Waals surface area contributed by atoms with Crippen LogP contribution >= 0.6 is 27.3 Å². The van der Waals surface area contributed by atoms with Gasteiger partial charge in [0.2, 0.25) is 0 Å². The number of rotatable bonds is 3. The van der Waals surface area contributed by atoms with Gasteiger partial charge in [-0.25, -0.2) is 0 Å². The van der Waals surface area contributed by atoms with Gasteiger partial charge in [0.1, 0.15) is 0 Å². The Kier molecular flexibility index (Phi) is 3.50. The van der Waals surface area contributed by atoms with Crippen LogP contribution in [0.25, 0.3) is 0 Å². The van der Waals surface area contributed by atoms with E-state index in [9.17, 15) is 4.79 Å². The summed E-state index contributed by atoms with van der Waals surface area (Å²) in [5.74, 6) is -0.997. The third-order valence-corrected chi connectivity index (χ3v) is 3.54. The topological polar surface area (TPSA) is 37.3 Å². The molecule has 0 aliphatic carbocycles. The Morgan fingerprint density at radius 1 is 1.54 bits per heavy atom. The van der Waals surface area contributed by atoms with E-state index in [-0.39, 0.29) is 11.8 Å². The normalized spacial score (nSPS) is 13.2. The van der Waals surface area contributed by atoms with Crippen LogP contribution in [0.15, 0.2) is 15.9 Å². The Hall–Kier alpha value is -0.350. The Labute approximate surface area is 89.7 Å². The first kappa shape index (κ1) is 10.7. The van der Waals surface area contributed by atoms with E-state index in [1.165, 1.54) is 11.3 Å². The molecule has 0 aliphatic rings. The molecule has 1 aromatic rings. The Balaban J connectivity index is 2.95. The van der Waals surface area contributed by atoms with Crippen LogP contribution in [0.5, 0.6) is 0 Å². The number of hydrogen-bond acceptors (Lipinski definition) is 2. The van der Waals surface area contributed by atoms with Crippen LogP contribution in [0.2, 0.25) is 0 Å². The van der Waals surface area contributed by atoms with E-state index in [0.29, 0.717) is 0 Å². The van der Waals surface area contributed by atoms with Crippen LogP contribution in [-0.2, 0) is 4.79 Å². The summed E-state index contributed by atoms with van der Waals surface area (Å²) in [7, 11) is 0. The third kappa shape index (κ3) is 2.54. The van der Waals surface area contributed by atoms with Crippen molar-refractivity contribution >= 4 is 33.2 Å². The smallest absolute Gasteiger partial charge is 0.312 e. The summed E-state index contributed by atoms with van der Waals surface area (Å²) >= 11 is 4.81. The average Bonchev–Trinajstić information content (AvgIpc) is 2.34. The molecule has 1 unspecified atom stereocenters. The maximum absolute atomic E-state index is 10.9. The number of aliphatic carboxylic acids is 1. The van der Waals surface area contributed by atoms with Crippen molar-refractivity contribution in [1.29, 1.82) is 0 Å². The number of hydrogen-bond donors (Lipinski definition) is 1. The second-order valence-corrected chi connectivity index (χ2v) is 5.70. The molecule has 13 heavy (non-hydrogen) atoms. The molecule has 0 amide bonds. The molecular weight excluding hydrogens is 252 g/mol. The fourth-order valence-electron chi connectivity index (χ4n) is 1.23. The van der Waals surface area contributed by atoms with Crippen molar-refractivity contribution in [3.8, 4) is 0 Å². The van der Waals surface area contributed by atoms with E-state index in [1.807, 2.05) is 26.0 Å². The molecule has 1 heterocycles. The molecule has 1 atom stereocenters. The minimum absolute atomic E-state index is 0.128. The van der Waals surface area contributed by atoms with Crippen molar-refractivity contribution in [2.75, 3.05) is 0 Å². The highest BCUT2D eigenvalue weighted by molar-refractivity contribution is 9.11. The van der Waals surface area contributed by atoms with Crippen molar-refractivity contribution in [2.24, 2.45) is 5.92 Å². The summed E-state index contributed by atoms with van der Waals surface area (Å²) in [6.07, 6.45) is 0. The average molecular weight is 263 g/mol. The van der Waals surface area contributed by atoms with Gasteiger partial charge in [0.15, 0.2) is 0 Å². The first-order chi connectivity index (χ1) is 6.02. The van der Waals surface area contributed by atoms with Crippen molar-refractivity contribution < 1.29 is 9.90 Å². The maximum Gasteiger partial charge on any atom is 0.312 e. The fourth-order valence-corrected chi connectivity index (χ4v) is 2.92. The first-order valence-electron chi connectivity index (χ1n) is 4.00. The van der Waals surface area contributed by atoms with Crippen LogP contribution in [0, 0.1) is 5.92 Å². The molecule has 0 saturated heterocycles. The number of carboxylic acids is 1. The van der Waals surface area contributed by atoms with E-state index >= 15 is 0 Å². The molecule has 0 aromatic carbocycles. The Morgan fingerprint density at radius 2 is 2.15 bits per heavy atom. The number of halogens is 1. The van der Waals surface area contributed by atoms with Gasteiger partial charge in [0.05, 0.1) is 9.70 Å². The lowest BCUT2D eigenvalue weighted by Gasteiger charge is -2.13. The lowest BCUT2D eigenvalue weighted by Crippen LogP contribution is -2.16. The summed E-state index contributed by atoms with van der Waals surface area (Å²) in [6, 6.07) is 3.76.